The van der Waals surface area contributed by atoms with Crippen molar-refractivity contribution in [1.29, 1.82) is 0 Å². The van der Waals surface area contributed by atoms with Crippen LogP contribution >= 0.6 is 11.6 Å². The van der Waals surface area contributed by atoms with Gasteiger partial charge in [-0.2, -0.15) is 0 Å². The number of carbonyl (C=O) groups is 1. The molecule has 0 bridgehead atoms. The van der Waals surface area contributed by atoms with Crippen LogP contribution in [0.3, 0.4) is 0 Å². The monoisotopic (exact) mass is 290 g/mol. The van der Waals surface area contributed by atoms with Crippen molar-refractivity contribution in [3.63, 3.8) is 0 Å². The smallest absolute Gasteiger partial charge is 0.163 e. The lowest BCUT2D eigenvalue weighted by Crippen LogP contribution is -2.11. The molecule has 0 aromatic heterocycles. The van der Waals surface area contributed by atoms with Crippen LogP contribution in [0, 0.1) is 0 Å². The van der Waals surface area contributed by atoms with Crippen LogP contribution in [0.4, 0.5) is 0 Å². The summed E-state index contributed by atoms with van der Waals surface area (Å²) in [5.74, 6) is 0.300. The molecular weight excluding hydrogens is 276 g/mol. The number of aliphatic hydroxyl groups is 1. The van der Waals surface area contributed by atoms with E-state index in [0.717, 1.165) is 5.56 Å². The highest BCUT2D eigenvalue weighted by Crippen LogP contribution is 2.24. The topological polar surface area (TPSA) is 46.5 Å². The normalized spacial score (nSPS) is 11.9. The molecule has 0 fully saturated rings. The molecular formula is C16H15ClO3. The Morgan fingerprint density at radius 1 is 1.25 bits per heavy atom. The molecule has 4 heteroatoms. The van der Waals surface area contributed by atoms with E-state index >= 15 is 0 Å². The molecule has 2 aromatic rings. The first kappa shape index (κ1) is 14.6. The predicted octanol–water partition coefficient (Wildman–Crippen LogP) is 3.66. The molecule has 1 atom stereocenters. The summed E-state index contributed by atoms with van der Waals surface area (Å²) in [7, 11) is 0. The first-order chi connectivity index (χ1) is 9.58. The molecule has 2 rings (SSSR count). The van der Waals surface area contributed by atoms with Crippen molar-refractivity contribution in [2.24, 2.45) is 0 Å². The van der Waals surface area contributed by atoms with Crippen molar-refractivity contribution in [1.82, 2.24) is 0 Å². The Morgan fingerprint density at radius 3 is 2.60 bits per heavy atom. The third-order valence-electron chi connectivity index (χ3n) is 2.90. The van der Waals surface area contributed by atoms with Crippen molar-refractivity contribution in [2.75, 3.05) is 6.61 Å². The lowest BCUT2D eigenvalue weighted by molar-refractivity contribution is 0.0977. The molecule has 1 unspecified atom stereocenters. The molecule has 20 heavy (non-hydrogen) atoms. The maximum absolute atomic E-state index is 11.5. The van der Waals surface area contributed by atoms with Gasteiger partial charge in [0.1, 0.15) is 18.5 Å². The van der Waals surface area contributed by atoms with E-state index in [0.29, 0.717) is 16.3 Å². The van der Waals surface area contributed by atoms with Gasteiger partial charge in [0.2, 0.25) is 0 Å². The Morgan fingerprint density at radius 2 is 1.95 bits per heavy atom. The van der Waals surface area contributed by atoms with Crippen LogP contribution in [-0.2, 0) is 0 Å². The standard InChI is InChI=1S/C16H15ClO3/c1-11(18)14-9-13(17)7-8-16(14)20-10-15(19)12-5-3-2-4-6-12/h2-9,15,19H,10H2,1H3. The van der Waals surface area contributed by atoms with Crippen molar-refractivity contribution in [2.45, 2.75) is 13.0 Å². The molecule has 1 N–H and O–H groups in total. The summed E-state index contributed by atoms with van der Waals surface area (Å²) in [6.07, 6.45) is -0.744. The molecule has 0 radical (unpaired) electrons. The van der Waals surface area contributed by atoms with Crippen molar-refractivity contribution >= 4 is 17.4 Å². The van der Waals surface area contributed by atoms with Crippen LogP contribution in [0.5, 0.6) is 5.75 Å². The summed E-state index contributed by atoms with van der Waals surface area (Å²) in [5, 5.41) is 10.5. The Labute approximate surface area is 122 Å². The van der Waals surface area contributed by atoms with Gasteiger partial charge in [-0.15, -0.1) is 0 Å². The summed E-state index contributed by atoms with van der Waals surface area (Å²) >= 11 is 5.86. The summed E-state index contributed by atoms with van der Waals surface area (Å²) in [6, 6.07) is 14.1. The average Bonchev–Trinajstić information content (AvgIpc) is 2.46. The fourth-order valence-corrected chi connectivity index (χ4v) is 2.02. The van der Waals surface area contributed by atoms with Gasteiger partial charge in [-0.25, -0.2) is 0 Å². The van der Waals surface area contributed by atoms with E-state index in [1.165, 1.54) is 6.92 Å². The number of carbonyl (C=O) groups excluding carboxylic acids is 1. The molecule has 3 nitrogen and oxygen atoms in total. The lowest BCUT2D eigenvalue weighted by Gasteiger charge is -2.14. The molecule has 0 aliphatic rings. The SMILES string of the molecule is CC(=O)c1cc(Cl)ccc1OCC(O)c1ccccc1. The second kappa shape index (κ2) is 6.55. The minimum absolute atomic E-state index is 0.0753. The number of ketones is 1. The molecule has 0 heterocycles. The summed E-state index contributed by atoms with van der Waals surface area (Å²) in [4.78, 5) is 11.5. The number of hydrogen-bond acceptors (Lipinski definition) is 3. The summed E-state index contributed by atoms with van der Waals surface area (Å²) in [6.45, 7) is 1.53. The first-order valence-corrected chi connectivity index (χ1v) is 6.62. The maximum Gasteiger partial charge on any atom is 0.163 e. The number of benzene rings is 2. The highest BCUT2D eigenvalue weighted by Gasteiger charge is 2.12. The summed E-state index contributed by atoms with van der Waals surface area (Å²) in [5.41, 5.74) is 1.18. The molecule has 104 valence electrons. The molecule has 0 saturated heterocycles. The number of rotatable bonds is 5. The Bertz CT molecular complexity index is 596. The van der Waals surface area contributed by atoms with Gasteiger partial charge in [-0.3, -0.25) is 4.79 Å². The second-order valence-electron chi connectivity index (χ2n) is 4.43. The highest BCUT2D eigenvalue weighted by molar-refractivity contribution is 6.31. The minimum Gasteiger partial charge on any atom is -0.490 e. The van der Waals surface area contributed by atoms with Gasteiger partial charge >= 0.3 is 0 Å². The van der Waals surface area contributed by atoms with Crippen LogP contribution in [-0.4, -0.2) is 17.5 Å². The highest BCUT2D eigenvalue weighted by atomic mass is 35.5. The van der Waals surface area contributed by atoms with Crippen molar-refractivity contribution < 1.29 is 14.6 Å². The van der Waals surface area contributed by atoms with Crippen LogP contribution < -0.4 is 4.74 Å². The average molecular weight is 291 g/mol. The molecule has 2 aromatic carbocycles. The number of aliphatic hydroxyl groups excluding tert-OH is 1. The Balaban J connectivity index is 2.09. The van der Waals surface area contributed by atoms with E-state index in [1.807, 2.05) is 30.3 Å². The number of Topliss-reactive ketones (excluding diaryl/α,β-unsaturated/α-hetero) is 1. The van der Waals surface area contributed by atoms with Gasteiger partial charge in [0, 0.05) is 5.02 Å². The quantitative estimate of drug-likeness (QED) is 0.855. The van der Waals surface area contributed by atoms with Gasteiger partial charge in [0.15, 0.2) is 5.78 Å². The van der Waals surface area contributed by atoms with Gasteiger partial charge < -0.3 is 9.84 Å². The fraction of sp³-hybridized carbons (Fsp3) is 0.188. The predicted molar refractivity (Wildman–Crippen MR) is 78.4 cm³/mol. The van der Waals surface area contributed by atoms with Crippen molar-refractivity contribution in [3.05, 3.63) is 64.7 Å². The zero-order chi connectivity index (χ0) is 14.5. The van der Waals surface area contributed by atoms with Crippen LogP contribution in [0.1, 0.15) is 28.9 Å². The van der Waals surface area contributed by atoms with Gasteiger partial charge in [-0.05, 0) is 30.7 Å². The Hall–Kier alpha value is -1.84. The largest absolute Gasteiger partial charge is 0.490 e. The van der Waals surface area contributed by atoms with Crippen LogP contribution in [0.25, 0.3) is 0 Å². The molecule has 0 aliphatic carbocycles. The molecule has 0 aliphatic heterocycles. The van der Waals surface area contributed by atoms with Gasteiger partial charge in [0.25, 0.3) is 0 Å². The summed E-state index contributed by atoms with van der Waals surface area (Å²) < 4.78 is 5.54. The second-order valence-corrected chi connectivity index (χ2v) is 4.87. The zero-order valence-corrected chi connectivity index (χ0v) is 11.8. The Kier molecular flexibility index (Phi) is 4.77. The molecule has 0 saturated carbocycles. The van der Waals surface area contributed by atoms with Crippen molar-refractivity contribution in [3.8, 4) is 5.75 Å². The number of hydrogen-bond donors (Lipinski definition) is 1. The van der Waals surface area contributed by atoms with E-state index in [9.17, 15) is 9.90 Å². The zero-order valence-electron chi connectivity index (χ0n) is 11.0. The lowest BCUT2D eigenvalue weighted by atomic mass is 10.1. The number of ether oxygens (including phenoxy) is 1. The fourth-order valence-electron chi connectivity index (χ4n) is 1.84. The molecule has 0 amide bonds. The first-order valence-electron chi connectivity index (χ1n) is 6.24. The molecule has 0 spiro atoms. The van der Waals surface area contributed by atoms with Crippen LogP contribution in [0.2, 0.25) is 5.02 Å². The van der Waals surface area contributed by atoms with E-state index in [4.69, 9.17) is 16.3 Å². The third-order valence-corrected chi connectivity index (χ3v) is 3.14. The number of halogens is 1. The minimum atomic E-state index is -0.744. The van der Waals surface area contributed by atoms with E-state index in [-0.39, 0.29) is 12.4 Å². The van der Waals surface area contributed by atoms with E-state index in [2.05, 4.69) is 0 Å². The van der Waals surface area contributed by atoms with E-state index in [1.54, 1.807) is 18.2 Å². The maximum atomic E-state index is 11.5. The van der Waals surface area contributed by atoms with Crippen LogP contribution in [0.15, 0.2) is 48.5 Å². The third kappa shape index (κ3) is 3.59. The van der Waals surface area contributed by atoms with Gasteiger partial charge in [0.05, 0.1) is 5.56 Å². The van der Waals surface area contributed by atoms with E-state index < -0.39 is 6.10 Å². The van der Waals surface area contributed by atoms with Gasteiger partial charge in [-0.1, -0.05) is 41.9 Å².